The molecule has 0 rings (SSSR count). The van der Waals surface area contributed by atoms with Gasteiger partial charge in [0.15, 0.2) is 0 Å². The summed E-state index contributed by atoms with van der Waals surface area (Å²) >= 11 is 0. The van der Waals surface area contributed by atoms with Crippen molar-refractivity contribution in [1.82, 2.24) is 6.15 Å². The van der Waals surface area contributed by atoms with Crippen molar-refractivity contribution >= 4 is 5.97 Å². The van der Waals surface area contributed by atoms with Gasteiger partial charge in [-0.2, -0.15) is 0 Å². The van der Waals surface area contributed by atoms with Crippen molar-refractivity contribution in [3.05, 3.63) is 0 Å². The molecule has 0 aliphatic carbocycles. The smallest absolute Gasteiger partial charge is 0.302 e. The van der Waals surface area contributed by atoms with E-state index in [0.29, 0.717) is 6.61 Å². The summed E-state index contributed by atoms with van der Waals surface area (Å²) in [6.45, 7) is 4.34. The lowest BCUT2D eigenvalue weighted by Crippen LogP contribution is -2.00. The van der Waals surface area contributed by atoms with Crippen LogP contribution < -0.4 is 6.15 Å². The molecule has 0 aromatic carbocycles. The van der Waals surface area contributed by atoms with Gasteiger partial charge in [-0.05, 0) is 6.42 Å². The fraction of sp³-hybridized carbons (Fsp3) is 0.938. The van der Waals surface area contributed by atoms with Crippen LogP contribution in [0.25, 0.3) is 0 Å². The van der Waals surface area contributed by atoms with Gasteiger partial charge >= 0.3 is 5.97 Å². The molecular formula is C16H35NO2. The Labute approximate surface area is 120 Å². The van der Waals surface area contributed by atoms with Crippen molar-refractivity contribution < 1.29 is 9.53 Å². The minimum atomic E-state index is -0.155. The summed E-state index contributed by atoms with van der Waals surface area (Å²) in [6.07, 6.45) is 16.1. The predicted octanol–water partition coefficient (Wildman–Crippen LogP) is 5.41. The number of ether oxygens (including phenoxy) is 1. The van der Waals surface area contributed by atoms with Crippen LogP contribution in [0.1, 0.15) is 90.9 Å². The molecule has 0 saturated heterocycles. The minimum Gasteiger partial charge on any atom is -0.466 e. The molecule has 0 aliphatic heterocycles. The van der Waals surface area contributed by atoms with Crippen molar-refractivity contribution in [3.63, 3.8) is 0 Å². The first kappa shape index (κ1) is 20.7. The van der Waals surface area contributed by atoms with E-state index < -0.39 is 0 Å². The van der Waals surface area contributed by atoms with Gasteiger partial charge in [-0.25, -0.2) is 0 Å². The average molecular weight is 273 g/mol. The second-order valence-corrected chi connectivity index (χ2v) is 5.23. The number of unbranched alkanes of at least 4 members (excludes halogenated alkanes) is 11. The molecule has 0 bridgehead atoms. The van der Waals surface area contributed by atoms with Crippen LogP contribution in [-0.2, 0) is 9.53 Å². The molecule has 0 amide bonds. The van der Waals surface area contributed by atoms with Gasteiger partial charge in [-0.1, -0.05) is 77.6 Å². The van der Waals surface area contributed by atoms with E-state index in [4.69, 9.17) is 4.74 Å². The Morgan fingerprint density at radius 2 is 1.11 bits per heavy atom. The fourth-order valence-electron chi connectivity index (χ4n) is 2.16. The van der Waals surface area contributed by atoms with Crippen LogP contribution in [0.15, 0.2) is 0 Å². The second-order valence-electron chi connectivity index (χ2n) is 5.23. The molecule has 0 heterocycles. The van der Waals surface area contributed by atoms with Crippen LogP contribution in [0, 0.1) is 0 Å². The molecule has 0 aromatic rings. The summed E-state index contributed by atoms with van der Waals surface area (Å²) in [5.41, 5.74) is 0. The second kappa shape index (κ2) is 17.4. The van der Waals surface area contributed by atoms with E-state index in [0.717, 1.165) is 6.42 Å². The number of rotatable bonds is 13. The van der Waals surface area contributed by atoms with Crippen LogP contribution >= 0.6 is 0 Å². The molecule has 0 unspecified atom stereocenters. The van der Waals surface area contributed by atoms with E-state index in [2.05, 4.69) is 6.92 Å². The summed E-state index contributed by atoms with van der Waals surface area (Å²) in [7, 11) is 0. The molecule has 19 heavy (non-hydrogen) atoms. The van der Waals surface area contributed by atoms with E-state index >= 15 is 0 Å². The van der Waals surface area contributed by atoms with E-state index in [9.17, 15) is 4.79 Å². The molecule has 0 fully saturated rings. The largest absolute Gasteiger partial charge is 0.466 e. The van der Waals surface area contributed by atoms with Crippen LogP contribution in [0.3, 0.4) is 0 Å². The van der Waals surface area contributed by atoms with Gasteiger partial charge in [0.1, 0.15) is 0 Å². The Kier molecular flexibility index (Phi) is 19.0. The summed E-state index contributed by atoms with van der Waals surface area (Å²) in [6, 6.07) is 0. The molecule has 0 atom stereocenters. The third kappa shape index (κ3) is 19.9. The zero-order valence-corrected chi connectivity index (χ0v) is 13.2. The molecule has 3 heteroatoms. The third-order valence-electron chi connectivity index (χ3n) is 3.30. The highest BCUT2D eigenvalue weighted by molar-refractivity contribution is 5.65. The first-order valence-corrected chi connectivity index (χ1v) is 7.90. The number of hydrogen-bond acceptors (Lipinski definition) is 3. The molecule has 3 nitrogen and oxygen atoms in total. The summed E-state index contributed by atoms with van der Waals surface area (Å²) in [5.74, 6) is -0.155. The molecule has 0 spiro atoms. The lowest BCUT2D eigenvalue weighted by molar-refractivity contribution is -0.141. The Morgan fingerprint density at radius 1 is 0.737 bits per heavy atom. The van der Waals surface area contributed by atoms with Gasteiger partial charge in [0.05, 0.1) is 6.61 Å². The Balaban J connectivity index is 0. The molecule has 0 saturated carbocycles. The lowest BCUT2D eigenvalue weighted by atomic mass is 10.1. The van der Waals surface area contributed by atoms with E-state index in [1.165, 1.54) is 77.6 Å². The highest BCUT2D eigenvalue weighted by Crippen LogP contribution is 2.11. The normalized spacial score (nSPS) is 10.0. The highest BCUT2D eigenvalue weighted by atomic mass is 16.5. The first-order chi connectivity index (χ1) is 8.77. The molecule has 0 aliphatic rings. The van der Waals surface area contributed by atoms with Gasteiger partial charge in [0.25, 0.3) is 0 Å². The van der Waals surface area contributed by atoms with Gasteiger partial charge in [-0.15, -0.1) is 0 Å². The van der Waals surface area contributed by atoms with E-state index in [1.807, 2.05) is 0 Å². The van der Waals surface area contributed by atoms with Crippen molar-refractivity contribution in [2.24, 2.45) is 0 Å². The quantitative estimate of drug-likeness (QED) is 0.360. The van der Waals surface area contributed by atoms with Gasteiger partial charge in [0, 0.05) is 6.92 Å². The van der Waals surface area contributed by atoms with Crippen LogP contribution in [-0.4, -0.2) is 12.6 Å². The maximum Gasteiger partial charge on any atom is 0.302 e. The SMILES string of the molecule is CCCCCCCCCCCCCCOC(C)=O.N. The zero-order chi connectivity index (χ0) is 13.5. The van der Waals surface area contributed by atoms with Gasteiger partial charge in [0.2, 0.25) is 0 Å². The molecule has 116 valence electrons. The molecular weight excluding hydrogens is 238 g/mol. The number of esters is 1. The highest BCUT2D eigenvalue weighted by Gasteiger charge is 1.94. The van der Waals surface area contributed by atoms with Crippen LogP contribution in [0.4, 0.5) is 0 Å². The minimum absolute atomic E-state index is 0. The third-order valence-corrected chi connectivity index (χ3v) is 3.30. The maximum absolute atomic E-state index is 10.5. The lowest BCUT2D eigenvalue weighted by Gasteiger charge is -2.03. The Bertz CT molecular complexity index is 184. The molecule has 0 aromatic heterocycles. The monoisotopic (exact) mass is 273 g/mol. The standard InChI is InChI=1S/C16H32O2.H3N/c1-3-4-5-6-7-8-9-10-11-12-13-14-15-18-16(2)17;/h3-15H2,1-2H3;1H3. The number of carbonyl (C=O) groups excluding carboxylic acids is 1. The maximum atomic E-state index is 10.5. The van der Waals surface area contributed by atoms with Gasteiger partial charge in [-0.3, -0.25) is 4.79 Å². The number of carbonyl (C=O) groups is 1. The summed E-state index contributed by atoms with van der Waals surface area (Å²) in [5, 5.41) is 0. The van der Waals surface area contributed by atoms with Crippen molar-refractivity contribution in [2.45, 2.75) is 90.9 Å². The molecule has 0 radical (unpaired) electrons. The predicted molar refractivity (Wildman–Crippen MR) is 82.7 cm³/mol. The topological polar surface area (TPSA) is 61.3 Å². The van der Waals surface area contributed by atoms with Gasteiger partial charge < -0.3 is 10.9 Å². The summed E-state index contributed by atoms with van der Waals surface area (Å²) in [4.78, 5) is 10.5. The summed E-state index contributed by atoms with van der Waals surface area (Å²) < 4.78 is 4.89. The van der Waals surface area contributed by atoms with E-state index in [-0.39, 0.29) is 12.1 Å². The molecule has 3 N–H and O–H groups in total. The van der Waals surface area contributed by atoms with E-state index in [1.54, 1.807) is 0 Å². The fourth-order valence-corrected chi connectivity index (χ4v) is 2.16. The first-order valence-electron chi connectivity index (χ1n) is 7.90. The zero-order valence-electron chi connectivity index (χ0n) is 13.2. The Hall–Kier alpha value is -0.570. The Morgan fingerprint density at radius 3 is 1.47 bits per heavy atom. The average Bonchev–Trinajstić information content (AvgIpc) is 2.34. The van der Waals surface area contributed by atoms with Crippen LogP contribution in [0.2, 0.25) is 0 Å². The van der Waals surface area contributed by atoms with Crippen molar-refractivity contribution in [3.8, 4) is 0 Å². The van der Waals surface area contributed by atoms with Crippen molar-refractivity contribution in [2.75, 3.05) is 6.61 Å². The van der Waals surface area contributed by atoms with Crippen molar-refractivity contribution in [1.29, 1.82) is 0 Å². The number of hydrogen-bond donors (Lipinski definition) is 1. The van der Waals surface area contributed by atoms with Crippen LogP contribution in [0.5, 0.6) is 0 Å².